The van der Waals surface area contributed by atoms with E-state index in [0.717, 1.165) is 42.1 Å². The molecule has 9 heteroatoms. The summed E-state index contributed by atoms with van der Waals surface area (Å²) in [7, 11) is -3.62. The first-order valence-electron chi connectivity index (χ1n) is 11.6. The van der Waals surface area contributed by atoms with Gasteiger partial charge in [0.2, 0.25) is 10.0 Å². The summed E-state index contributed by atoms with van der Waals surface area (Å²) in [5.74, 6) is 0.987. The number of aromatic nitrogens is 1. The fourth-order valence-corrected chi connectivity index (χ4v) is 6.96. The van der Waals surface area contributed by atoms with Crippen molar-refractivity contribution in [2.45, 2.75) is 16.5 Å². The van der Waals surface area contributed by atoms with Gasteiger partial charge in [0.15, 0.2) is 0 Å². The van der Waals surface area contributed by atoms with Crippen molar-refractivity contribution in [1.29, 1.82) is 0 Å². The van der Waals surface area contributed by atoms with Crippen LogP contribution in [0.1, 0.15) is 23.5 Å². The van der Waals surface area contributed by atoms with E-state index in [1.807, 2.05) is 42.5 Å². The van der Waals surface area contributed by atoms with Crippen molar-refractivity contribution in [3.63, 3.8) is 0 Å². The number of nitrogens with one attached hydrogen (secondary N) is 2. The molecule has 0 unspecified atom stereocenters. The van der Waals surface area contributed by atoms with Gasteiger partial charge in [0.05, 0.1) is 0 Å². The third kappa shape index (κ3) is 5.85. The molecule has 0 saturated carbocycles. The average Bonchev–Trinajstić information content (AvgIpc) is 3.34. The zero-order valence-corrected chi connectivity index (χ0v) is 21.7. The van der Waals surface area contributed by atoms with Crippen LogP contribution in [0.3, 0.4) is 0 Å². The molecule has 0 bridgehead atoms. The maximum absolute atomic E-state index is 13.2. The highest BCUT2D eigenvalue weighted by atomic mass is 35.5. The maximum atomic E-state index is 13.2. The number of benzene rings is 2. The normalized spacial score (nSPS) is 14.3. The minimum atomic E-state index is -3.62. The summed E-state index contributed by atoms with van der Waals surface area (Å²) in [6.07, 6.45) is 2.44. The summed E-state index contributed by atoms with van der Waals surface area (Å²) < 4.78 is 30.5. The summed E-state index contributed by atoms with van der Waals surface area (Å²) in [5.41, 5.74) is 2.36. The number of piperazine rings is 1. The number of hydrogen-bond acceptors (Lipinski definition) is 6. The second-order valence-electron chi connectivity index (χ2n) is 8.41. The lowest BCUT2D eigenvalue weighted by Crippen LogP contribution is -2.43. The molecule has 1 fully saturated rings. The zero-order valence-electron chi connectivity index (χ0n) is 19.3. The van der Waals surface area contributed by atoms with Gasteiger partial charge in [-0.15, -0.1) is 23.7 Å². The van der Waals surface area contributed by atoms with Gasteiger partial charge in [0.25, 0.3) is 0 Å². The Hall–Kier alpha value is -2.49. The number of fused-ring (bicyclic) bond motifs is 1. The first kappa shape index (κ1) is 25.6. The SMILES string of the molecule is Cl.O=S(=O)(NCCC(c1ccccc1)c1ccccc1)c1cc2c(N3CCNCC3)nccc2s1. The molecule has 0 radical (unpaired) electrons. The number of hydrogen-bond donors (Lipinski definition) is 2. The van der Waals surface area contributed by atoms with Gasteiger partial charge in [0, 0.05) is 54.9 Å². The maximum Gasteiger partial charge on any atom is 0.250 e. The van der Waals surface area contributed by atoms with E-state index in [9.17, 15) is 8.42 Å². The quantitative estimate of drug-likeness (QED) is 0.349. The Morgan fingerprint density at radius 1 is 0.971 bits per heavy atom. The minimum absolute atomic E-state index is 0. The van der Waals surface area contributed by atoms with E-state index in [1.54, 1.807) is 12.3 Å². The van der Waals surface area contributed by atoms with Gasteiger partial charge in [-0.25, -0.2) is 18.1 Å². The van der Waals surface area contributed by atoms with Crippen LogP contribution in [0, 0.1) is 0 Å². The number of pyridine rings is 1. The number of sulfonamides is 1. The van der Waals surface area contributed by atoms with Crippen molar-refractivity contribution >= 4 is 49.7 Å². The molecular weight excluding hydrogens is 500 g/mol. The Morgan fingerprint density at radius 3 is 2.23 bits per heavy atom. The second kappa shape index (κ2) is 11.5. The minimum Gasteiger partial charge on any atom is -0.354 e. The molecule has 0 atom stereocenters. The first-order chi connectivity index (χ1) is 16.6. The molecule has 5 rings (SSSR count). The Labute approximate surface area is 216 Å². The average molecular weight is 529 g/mol. The molecule has 1 aliphatic heterocycles. The highest BCUT2D eigenvalue weighted by Crippen LogP contribution is 2.34. The third-order valence-corrected chi connectivity index (χ3v) is 9.25. The third-order valence-electron chi connectivity index (χ3n) is 6.21. The molecular formula is C26H29ClN4O2S2. The summed E-state index contributed by atoms with van der Waals surface area (Å²) in [6.45, 7) is 3.89. The highest BCUT2D eigenvalue weighted by molar-refractivity contribution is 7.91. The molecule has 0 amide bonds. The monoisotopic (exact) mass is 528 g/mol. The lowest BCUT2D eigenvalue weighted by atomic mass is 9.89. The van der Waals surface area contributed by atoms with Gasteiger partial charge in [-0.1, -0.05) is 60.7 Å². The Kier molecular flexibility index (Phi) is 8.41. The van der Waals surface area contributed by atoms with Gasteiger partial charge in [-0.2, -0.15) is 0 Å². The van der Waals surface area contributed by atoms with E-state index in [-0.39, 0.29) is 18.3 Å². The van der Waals surface area contributed by atoms with Crippen molar-refractivity contribution in [3.8, 4) is 0 Å². The van der Waals surface area contributed by atoms with E-state index >= 15 is 0 Å². The number of anilines is 1. The van der Waals surface area contributed by atoms with E-state index in [4.69, 9.17) is 0 Å². The molecule has 0 aliphatic carbocycles. The van der Waals surface area contributed by atoms with Crippen LogP contribution < -0.4 is 14.9 Å². The molecule has 2 N–H and O–H groups in total. The van der Waals surface area contributed by atoms with E-state index < -0.39 is 10.0 Å². The number of halogens is 1. The van der Waals surface area contributed by atoms with Gasteiger partial charge in [-0.3, -0.25) is 0 Å². The standard InChI is InChI=1S/C26H28N4O2S2.ClH/c31-34(32,25-19-23-24(33-25)12-13-28-26(23)30-17-15-27-16-18-30)29-14-11-22(20-7-3-1-4-8-20)21-9-5-2-6-10-21;/h1-10,12-13,19,22,27,29H,11,14-18H2;1H. The van der Waals surface area contributed by atoms with Crippen LogP contribution in [0.4, 0.5) is 5.82 Å². The van der Waals surface area contributed by atoms with Crippen LogP contribution in [0.15, 0.2) is 83.2 Å². The smallest absolute Gasteiger partial charge is 0.250 e. The number of rotatable bonds is 8. The predicted octanol–water partition coefficient (Wildman–Crippen LogP) is 4.63. The molecule has 0 spiro atoms. The number of nitrogens with zero attached hydrogens (tertiary/aromatic N) is 2. The predicted molar refractivity (Wildman–Crippen MR) is 146 cm³/mol. The first-order valence-corrected chi connectivity index (χ1v) is 13.9. The second-order valence-corrected chi connectivity index (χ2v) is 11.5. The van der Waals surface area contributed by atoms with E-state index in [1.165, 1.54) is 22.5 Å². The van der Waals surface area contributed by atoms with Gasteiger partial charge in [-0.05, 0) is 29.7 Å². The number of thiophene rings is 1. The Morgan fingerprint density at radius 2 is 1.60 bits per heavy atom. The summed E-state index contributed by atoms with van der Waals surface area (Å²) in [5, 5.41) is 4.25. The van der Waals surface area contributed by atoms with Gasteiger partial charge in [0.1, 0.15) is 10.0 Å². The highest BCUT2D eigenvalue weighted by Gasteiger charge is 2.22. The van der Waals surface area contributed by atoms with Crippen LogP contribution in [-0.2, 0) is 10.0 Å². The Bertz CT molecular complexity index is 1300. The van der Waals surface area contributed by atoms with Crippen LogP contribution in [0.2, 0.25) is 0 Å². The lowest BCUT2D eigenvalue weighted by Gasteiger charge is -2.28. The van der Waals surface area contributed by atoms with Gasteiger partial charge >= 0.3 is 0 Å². The molecule has 2 aromatic carbocycles. The fraction of sp³-hybridized carbons (Fsp3) is 0.269. The fourth-order valence-electron chi connectivity index (χ4n) is 4.49. The summed E-state index contributed by atoms with van der Waals surface area (Å²) >= 11 is 1.30. The molecule has 6 nitrogen and oxygen atoms in total. The molecule has 4 aromatic rings. The molecule has 3 heterocycles. The van der Waals surface area contributed by atoms with Crippen LogP contribution in [-0.4, -0.2) is 46.1 Å². The topological polar surface area (TPSA) is 74.3 Å². The van der Waals surface area contributed by atoms with Crippen LogP contribution in [0.5, 0.6) is 0 Å². The van der Waals surface area contributed by atoms with Crippen molar-refractivity contribution < 1.29 is 8.42 Å². The molecule has 35 heavy (non-hydrogen) atoms. The van der Waals surface area contributed by atoms with Crippen molar-refractivity contribution in [2.24, 2.45) is 0 Å². The molecule has 184 valence electrons. The van der Waals surface area contributed by atoms with E-state index in [0.29, 0.717) is 17.2 Å². The zero-order chi connectivity index (χ0) is 23.4. The van der Waals surface area contributed by atoms with Crippen LogP contribution in [0.25, 0.3) is 10.1 Å². The van der Waals surface area contributed by atoms with E-state index in [2.05, 4.69) is 44.2 Å². The van der Waals surface area contributed by atoms with Crippen molar-refractivity contribution in [1.82, 2.24) is 15.0 Å². The lowest BCUT2D eigenvalue weighted by molar-refractivity contribution is 0.577. The van der Waals surface area contributed by atoms with Crippen molar-refractivity contribution in [3.05, 3.63) is 90.1 Å². The largest absolute Gasteiger partial charge is 0.354 e. The summed E-state index contributed by atoms with van der Waals surface area (Å²) in [6, 6.07) is 24.2. The molecule has 1 saturated heterocycles. The van der Waals surface area contributed by atoms with Gasteiger partial charge < -0.3 is 10.2 Å². The molecule has 2 aromatic heterocycles. The van der Waals surface area contributed by atoms with Crippen LogP contribution >= 0.6 is 23.7 Å². The molecule has 1 aliphatic rings. The van der Waals surface area contributed by atoms with Crippen molar-refractivity contribution in [2.75, 3.05) is 37.6 Å². The Balaban J connectivity index is 0.00000289. The summed E-state index contributed by atoms with van der Waals surface area (Å²) in [4.78, 5) is 6.79.